The van der Waals surface area contributed by atoms with Gasteiger partial charge in [-0.15, -0.1) is 11.3 Å². The molecule has 0 atom stereocenters. The third kappa shape index (κ3) is 2.36. The van der Waals surface area contributed by atoms with Gasteiger partial charge in [-0.05, 0) is 39.5 Å². The second kappa shape index (κ2) is 4.84. The van der Waals surface area contributed by atoms with Crippen molar-refractivity contribution >= 4 is 38.6 Å². The second-order valence-corrected chi connectivity index (χ2v) is 5.10. The summed E-state index contributed by atoms with van der Waals surface area (Å²) in [6.45, 7) is 0.631. The fraction of sp³-hybridized carbons (Fsp3) is 0.0909. The number of thiophene rings is 1. The molecule has 0 saturated heterocycles. The fourth-order valence-corrected chi connectivity index (χ4v) is 2.75. The Hall–Kier alpha value is -1.07. The molecule has 0 saturated carbocycles. The van der Waals surface area contributed by atoms with Gasteiger partial charge in [0.2, 0.25) is 0 Å². The summed E-state index contributed by atoms with van der Waals surface area (Å²) >= 11 is 5.07. The lowest BCUT2D eigenvalue weighted by molar-refractivity contribution is 0.633. The zero-order valence-electron chi connectivity index (χ0n) is 8.34. The summed E-state index contributed by atoms with van der Waals surface area (Å²) in [5.41, 5.74) is 6.40. The summed E-state index contributed by atoms with van der Waals surface area (Å²) in [7, 11) is 0. The summed E-state index contributed by atoms with van der Waals surface area (Å²) in [5, 5.41) is 5.11. The average molecular weight is 301 g/mol. The normalized spacial score (nSPS) is 10.4. The van der Waals surface area contributed by atoms with E-state index in [1.807, 2.05) is 11.4 Å². The van der Waals surface area contributed by atoms with Crippen LogP contribution in [0.5, 0.6) is 0 Å². The van der Waals surface area contributed by atoms with Crippen molar-refractivity contribution in [1.29, 1.82) is 0 Å². The van der Waals surface area contributed by atoms with Gasteiger partial charge in [0.15, 0.2) is 0 Å². The minimum Gasteiger partial charge on any atom is -0.395 e. The Labute approximate surface area is 105 Å². The predicted molar refractivity (Wildman–Crippen MR) is 70.2 cm³/mol. The Morgan fingerprint density at radius 2 is 2.19 bits per heavy atom. The molecule has 2 aromatic rings. The standard InChI is InChI=1S/C11H10BrFN2S/c12-7-4-5-16-10(7)6-15-9-3-1-2-8(13)11(9)14/h1-5,15H,6,14H2. The largest absolute Gasteiger partial charge is 0.395 e. The Morgan fingerprint density at radius 1 is 1.38 bits per heavy atom. The van der Waals surface area contributed by atoms with E-state index in [1.54, 1.807) is 23.5 Å². The highest BCUT2D eigenvalue weighted by atomic mass is 79.9. The monoisotopic (exact) mass is 300 g/mol. The van der Waals surface area contributed by atoms with Gasteiger partial charge in [0.05, 0.1) is 17.9 Å². The first-order valence-corrected chi connectivity index (χ1v) is 6.35. The van der Waals surface area contributed by atoms with Crippen molar-refractivity contribution in [3.63, 3.8) is 0 Å². The van der Waals surface area contributed by atoms with E-state index in [2.05, 4.69) is 21.2 Å². The molecule has 0 radical (unpaired) electrons. The highest BCUT2D eigenvalue weighted by Gasteiger charge is 2.05. The van der Waals surface area contributed by atoms with E-state index >= 15 is 0 Å². The van der Waals surface area contributed by atoms with Crippen LogP contribution in [0.15, 0.2) is 34.1 Å². The molecule has 0 amide bonds. The second-order valence-electron chi connectivity index (χ2n) is 3.25. The van der Waals surface area contributed by atoms with Crippen molar-refractivity contribution in [2.45, 2.75) is 6.54 Å². The number of halogens is 2. The summed E-state index contributed by atoms with van der Waals surface area (Å²) in [4.78, 5) is 1.16. The Kier molecular flexibility index (Phi) is 3.46. The number of benzene rings is 1. The number of para-hydroxylation sites is 1. The molecular formula is C11H10BrFN2S. The van der Waals surface area contributed by atoms with E-state index < -0.39 is 5.82 Å². The molecule has 3 N–H and O–H groups in total. The van der Waals surface area contributed by atoms with Crippen molar-refractivity contribution in [3.8, 4) is 0 Å². The fourth-order valence-electron chi connectivity index (χ4n) is 1.32. The van der Waals surface area contributed by atoms with Gasteiger partial charge in [0, 0.05) is 9.35 Å². The maximum atomic E-state index is 13.2. The number of hydrogen-bond donors (Lipinski definition) is 2. The molecule has 0 unspecified atom stereocenters. The van der Waals surface area contributed by atoms with Gasteiger partial charge in [0.25, 0.3) is 0 Å². The summed E-state index contributed by atoms with van der Waals surface area (Å²) in [6, 6.07) is 6.73. The number of hydrogen-bond acceptors (Lipinski definition) is 3. The number of anilines is 2. The van der Waals surface area contributed by atoms with E-state index in [0.717, 1.165) is 9.35 Å². The van der Waals surface area contributed by atoms with E-state index in [9.17, 15) is 4.39 Å². The van der Waals surface area contributed by atoms with Gasteiger partial charge in [-0.1, -0.05) is 6.07 Å². The SMILES string of the molecule is Nc1c(F)cccc1NCc1sccc1Br. The lowest BCUT2D eigenvalue weighted by atomic mass is 10.2. The van der Waals surface area contributed by atoms with Crippen LogP contribution in [-0.4, -0.2) is 0 Å². The van der Waals surface area contributed by atoms with Gasteiger partial charge < -0.3 is 11.1 Å². The Bertz CT molecular complexity index is 498. The summed E-state index contributed by atoms with van der Waals surface area (Å²) < 4.78 is 14.2. The van der Waals surface area contributed by atoms with Crippen molar-refractivity contribution in [2.75, 3.05) is 11.1 Å². The molecule has 2 nitrogen and oxygen atoms in total. The van der Waals surface area contributed by atoms with Crippen LogP contribution >= 0.6 is 27.3 Å². The molecule has 84 valence electrons. The van der Waals surface area contributed by atoms with Crippen LogP contribution < -0.4 is 11.1 Å². The molecule has 16 heavy (non-hydrogen) atoms. The van der Waals surface area contributed by atoms with E-state index in [4.69, 9.17) is 5.73 Å². The van der Waals surface area contributed by atoms with Crippen molar-refractivity contribution in [1.82, 2.24) is 0 Å². The highest BCUT2D eigenvalue weighted by Crippen LogP contribution is 2.26. The first kappa shape index (κ1) is 11.4. The molecule has 5 heteroatoms. The third-order valence-corrected chi connectivity index (χ3v) is 4.11. The number of nitrogen functional groups attached to an aromatic ring is 1. The zero-order valence-corrected chi connectivity index (χ0v) is 10.7. The third-order valence-electron chi connectivity index (χ3n) is 2.18. The molecule has 1 aromatic carbocycles. The number of nitrogens with one attached hydrogen (secondary N) is 1. The molecule has 1 aromatic heterocycles. The topological polar surface area (TPSA) is 38.0 Å². The molecule has 0 aliphatic rings. The van der Waals surface area contributed by atoms with Crippen molar-refractivity contribution in [3.05, 3.63) is 44.8 Å². The number of rotatable bonds is 3. The maximum absolute atomic E-state index is 13.2. The van der Waals surface area contributed by atoms with E-state index in [-0.39, 0.29) is 5.69 Å². The molecule has 1 heterocycles. The highest BCUT2D eigenvalue weighted by molar-refractivity contribution is 9.10. The van der Waals surface area contributed by atoms with Gasteiger partial charge in [-0.25, -0.2) is 4.39 Å². The zero-order chi connectivity index (χ0) is 11.5. The Morgan fingerprint density at radius 3 is 2.88 bits per heavy atom. The van der Waals surface area contributed by atoms with Gasteiger partial charge in [-0.2, -0.15) is 0 Å². The van der Waals surface area contributed by atoms with Crippen LogP contribution in [0.1, 0.15) is 4.88 Å². The van der Waals surface area contributed by atoms with E-state index in [1.165, 1.54) is 6.07 Å². The van der Waals surface area contributed by atoms with Crippen molar-refractivity contribution in [2.24, 2.45) is 0 Å². The van der Waals surface area contributed by atoms with Gasteiger partial charge in [-0.3, -0.25) is 0 Å². The van der Waals surface area contributed by atoms with Crippen LogP contribution in [0, 0.1) is 5.82 Å². The van der Waals surface area contributed by atoms with Crippen LogP contribution in [0.2, 0.25) is 0 Å². The minimum atomic E-state index is -0.393. The molecule has 2 rings (SSSR count). The van der Waals surface area contributed by atoms with Crippen LogP contribution in [0.4, 0.5) is 15.8 Å². The van der Waals surface area contributed by atoms with Crippen LogP contribution in [-0.2, 0) is 6.54 Å². The summed E-state index contributed by atoms with van der Waals surface area (Å²) in [6.07, 6.45) is 0. The maximum Gasteiger partial charge on any atom is 0.148 e. The van der Waals surface area contributed by atoms with Gasteiger partial charge in [0.1, 0.15) is 5.82 Å². The van der Waals surface area contributed by atoms with Crippen molar-refractivity contribution < 1.29 is 4.39 Å². The first-order chi connectivity index (χ1) is 7.68. The molecular weight excluding hydrogens is 291 g/mol. The summed E-state index contributed by atoms with van der Waals surface area (Å²) in [5.74, 6) is -0.393. The molecule has 0 bridgehead atoms. The average Bonchev–Trinajstić information content (AvgIpc) is 2.67. The minimum absolute atomic E-state index is 0.162. The molecule has 0 fully saturated rings. The van der Waals surface area contributed by atoms with E-state index in [0.29, 0.717) is 12.2 Å². The number of nitrogens with two attached hydrogens (primary N) is 1. The molecule has 0 aliphatic heterocycles. The quantitative estimate of drug-likeness (QED) is 0.845. The van der Waals surface area contributed by atoms with Crippen LogP contribution in [0.25, 0.3) is 0 Å². The lowest BCUT2D eigenvalue weighted by Crippen LogP contribution is -2.03. The predicted octanol–water partition coefficient (Wildman–Crippen LogP) is 3.84. The van der Waals surface area contributed by atoms with Crippen LogP contribution in [0.3, 0.4) is 0 Å². The molecule has 0 spiro atoms. The van der Waals surface area contributed by atoms with Gasteiger partial charge >= 0.3 is 0 Å². The lowest BCUT2D eigenvalue weighted by Gasteiger charge is -2.08. The molecule has 0 aliphatic carbocycles. The smallest absolute Gasteiger partial charge is 0.148 e. The Balaban J connectivity index is 2.11. The first-order valence-electron chi connectivity index (χ1n) is 4.68.